The molecule has 0 amide bonds. The van der Waals surface area contributed by atoms with Crippen molar-refractivity contribution >= 4 is 5.97 Å². The van der Waals surface area contributed by atoms with E-state index in [1.54, 1.807) is 6.92 Å². The molecule has 5 heteroatoms. The molecule has 0 saturated carbocycles. The topological polar surface area (TPSA) is 72.0 Å². The van der Waals surface area contributed by atoms with Crippen molar-refractivity contribution in [3.8, 4) is 0 Å². The van der Waals surface area contributed by atoms with Crippen LogP contribution in [0.2, 0.25) is 0 Å². The molecule has 1 N–H and O–H groups in total. The minimum Gasteiger partial charge on any atom is -0.466 e. The van der Waals surface area contributed by atoms with Gasteiger partial charge >= 0.3 is 5.97 Å². The maximum atomic E-state index is 11.6. The molecular formula is C11H14N2O3. The van der Waals surface area contributed by atoms with Crippen LogP contribution in [-0.2, 0) is 22.4 Å². The Bertz CT molecular complexity index is 453. The maximum absolute atomic E-state index is 11.6. The molecule has 16 heavy (non-hydrogen) atoms. The summed E-state index contributed by atoms with van der Waals surface area (Å²) in [6.45, 7) is 2.19. The minimum absolute atomic E-state index is 0.129. The lowest BCUT2D eigenvalue weighted by atomic mass is 9.87. The number of aryl methyl sites for hydroxylation is 1. The van der Waals surface area contributed by atoms with Crippen LogP contribution in [0.25, 0.3) is 0 Å². The van der Waals surface area contributed by atoms with E-state index in [-0.39, 0.29) is 17.4 Å². The van der Waals surface area contributed by atoms with Gasteiger partial charge in [0.15, 0.2) is 0 Å². The molecule has 0 radical (unpaired) electrons. The average molecular weight is 222 g/mol. The number of aromatic amines is 1. The number of ether oxygens (including phenoxy) is 1. The summed E-state index contributed by atoms with van der Waals surface area (Å²) in [4.78, 5) is 22.7. The molecule has 0 spiro atoms. The van der Waals surface area contributed by atoms with Crippen molar-refractivity contribution in [3.63, 3.8) is 0 Å². The smallest absolute Gasteiger partial charge is 0.309 e. The van der Waals surface area contributed by atoms with Crippen LogP contribution in [0, 0.1) is 5.92 Å². The summed E-state index contributed by atoms with van der Waals surface area (Å²) >= 11 is 0. The Hall–Kier alpha value is -1.65. The fraction of sp³-hybridized carbons (Fsp3) is 0.545. The molecule has 1 unspecified atom stereocenters. The zero-order valence-electron chi connectivity index (χ0n) is 9.16. The van der Waals surface area contributed by atoms with E-state index in [2.05, 4.69) is 10.2 Å². The van der Waals surface area contributed by atoms with Crippen molar-refractivity contribution in [2.45, 2.75) is 26.2 Å². The highest BCUT2D eigenvalue weighted by Crippen LogP contribution is 2.23. The normalized spacial score (nSPS) is 18.9. The van der Waals surface area contributed by atoms with Crippen LogP contribution >= 0.6 is 0 Å². The van der Waals surface area contributed by atoms with Crippen LogP contribution in [0.1, 0.15) is 24.6 Å². The number of aromatic nitrogens is 2. The summed E-state index contributed by atoms with van der Waals surface area (Å²) in [7, 11) is 0. The maximum Gasteiger partial charge on any atom is 0.309 e. The van der Waals surface area contributed by atoms with Crippen LogP contribution < -0.4 is 5.56 Å². The Morgan fingerprint density at radius 3 is 3.25 bits per heavy atom. The third-order valence-corrected chi connectivity index (χ3v) is 2.79. The molecule has 5 nitrogen and oxygen atoms in total. The Morgan fingerprint density at radius 2 is 2.50 bits per heavy atom. The summed E-state index contributed by atoms with van der Waals surface area (Å²) in [5.41, 5.74) is 1.54. The fourth-order valence-electron chi connectivity index (χ4n) is 2.00. The Morgan fingerprint density at radius 1 is 1.69 bits per heavy atom. The Labute approximate surface area is 92.8 Å². The molecule has 0 fully saturated rings. The quantitative estimate of drug-likeness (QED) is 0.737. The van der Waals surface area contributed by atoms with Crippen molar-refractivity contribution in [1.29, 1.82) is 0 Å². The van der Waals surface area contributed by atoms with Crippen molar-refractivity contribution < 1.29 is 9.53 Å². The van der Waals surface area contributed by atoms with Crippen LogP contribution in [0.4, 0.5) is 0 Å². The monoisotopic (exact) mass is 222 g/mol. The number of H-pyrrole nitrogens is 1. The first-order valence-corrected chi connectivity index (χ1v) is 5.44. The van der Waals surface area contributed by atoms with Gasteiger partial charge in [0.1, 0.15) is 0 Å². The predicted octanol–water partition coefficient (Wildman–Crippen LogP) is 0.438. The number of nitrogens with zero attached hydrogens (tertiary/aromatic N) is 1. The summed E-state index contributed by atoms with van der Waals surface area (Å²) in [6.07, 6.45) is 2.02. The number of fused-ring (bicyclic) bond motifs is 1. The van der Waals surface area contributed by atoms with Gasteiger partial charge in [0, 0.05) is 6.07 Å². The SMILES string of the molecule is CCOC(=O)C1CCc2n[nH]c(=O)cc2C1. The molecule has 1 aromatic heterocycles. The number of nitrogens with one attached hydrogen (secondary N) is 1. The van der Waals surface area contributed by atoms with Crippen LogP contribution in [0.5, 0.6) is 0 Å². The lowest BCUT2D eigenvalue weighted by Gasteiger charge is -2.21. The molecular weight excluding hydrogens is 208 g/mol. The van der Waals surface area contributed by atoms with Crippen molar-refractivity contribution in [1.82, 2.24) is 10.2 Å². The van der Waals surface area contributed by atoms with Crippen molar-refractivity contribution in [2.75, 3.05) is 6.61 Å². The average Bonchev–Trinajstić information content (AvgIpc) is 2.28. The third kappa shape index (κ3) is 2.13. The molecule has 1 aliphatic carbocycles. The number of rotatable bonds is 2. The first-order valence-electron chi connectivity index (χ1n) is 5.44. The third-order valence-electron chi connectivity index (χ3n) is 2.79. The first kappa shape index (κ1) is 10.9. The summed E-state index contributed by atoms with van der Waals surface area (Å²) in [5, 5.41) is 6.38. The van der Waals surface area contributed by atoms with E-state index in [9.17, 15) is 9.59 Å². The predicted molar refractivity (Wildman–Crippen MR) is 57.0 cm³/mol. The lowest BCUT2D eigenvalue weighted by molar-refractivity contribution is -0.148. The number of carbonyl (C=O) groups is 1. The van der Waals surface area contributed by atoms with E-state index in [4.69, 9.17) is 4.74 Å². The van der Waals surface area contributed by atoms with Gasteiger partial charge in [0.25, 0.3) is 5.56 Å². The highest BCUT2D eigenvalue weighted by Gasteiger charge is 2.26. The molecule has 0 saturated heterocycles. The number of esters is 1. The largest absolute Gasteiger partial charge is 0.466 e. The number of carbonyl (C=O) groups excluding carboxylic acids is 1. The van der Waals surface area contributed by atoms with Crippen molar-refractivity contribution in [3.05, 3.63) is 27.7 Å². The second-order valence-corrected chi connectivity index (χ2v) is 3.90. The van der Waals surface area contributed by atoms with Crippen LogP contribution in [0.3, 0.4) is 0 Å². The zero-order chi connectivity index (χ0) is 11.5. The molecule has 1 aromatic rings. The molecule has 1 heterocycles. The van der Waals surface area contributed by atoms with Crippen LogP contribution in [-0.4, -0.2) is 22.8 Å². The molecule has 86 valence electrons. The van der Waals surface area contributed by atoms with Crippen LogP contribution in [0.15, 0.2) is 10.9 Å². The van der Waals surface area contributed by atoms with E-state index < -0.39 is 0 Å². The van der Waals surface area contributed by atoms with Gasteiger partial charge in [-0.2, -0.15) is 5.10 Å². The summed E-state index contributed by atoms with van der Waals surface area (Å²) in [5.74, 6) is -0.301. The van der Waals surface area contributed by atoms with E-state index in [1.165, 1.54) is 6.07 Å². The summed E-state index contributed by atoms with van der Waals surface area (Å²) < 4.78 is 4.98. The second-order valence-electron chi connectivity index (χ2n) is 3.90. The molecule has 0 bridgehead atoms. The van der Waals surface area contributed by atoms with E-state index in [0.29, 0.717) is 13.0 Å². The first-order chi connectivity index (χ1) is 7.70. The van der Waals surface area contributed by atoms with Gasteiger partial charge in [-0.3, -0.25) is 9.59 Å². The molecule has 0 aliphatic heterocycles. The van der Waals surface area contributed by atoms with Gasteiger partial charge in [-0.25, -0.2) is 5.10 Å². The zero-order valence-corrected chi connectivity index (χ0v) is 9.16. The fourth-order valence-corrected chi connectivity index (χ4v) is 2.00. The Kier molecular flexibility index (Phi) is 3.03. The molecule has 1 aliphatic rings. The standard InChI is InChI=1S/C11H14N2O3/c1-2-16-11(15)7-3-4-9-8(5-7)6-10(14)13-12-9/h6-7H,2-5H2,1H3,(H,13,14). The van der Waals surface area contributed by atoms with Gasteiger partial charge in [-0.15, -0.1) is 0 Å². The van der Waals surface area contributed by atoms with Gasteiger partial charge in [-0.05, 0) is 31.7 Å². The van der Waals surface area contributed by atoms with E-state index >= 15 is 0 Å². The molecule has 1 atom stereocenters. The van der Waals surface area contributed by atoms with Gasteiger partial charge in [-0.1, -0.05) is 0 Å². The van der Waals surface area contributed by atoms with E-state index in [1.807, 2.05) is 0 Å². The van der Waals surface area contributed by atoms with E-state index in [0.717, 1.165) is 24.1 Å². The van der Waals surface area contributed by atoms with Crippen molar-refractivity contribution in [2.24, 2.45) is 5.92 Å². The number of hydrogen-bond donors (Lipinski definition) is 1. The minimum atomic E-state index is -0.219. The second kappa shape index (κ2) is 4.47. The highest BCUT2D eigenvalue weighted by atomic mass is 16.5. The van der Waals surface area contributed by atoms with Gasteiger partial charge < -0.3 is 4.74 Å². The molecule has 0 aromatic carbocycles. The van der Waals surface area contributed by atoms with Gasteiger partial charge in [0.05, 0.1) is 18.2 Å². The molecule has 2 rings (SSSR count). The number of hydrogen-bond acceptors (Lipinski definition) is 4. The van der Waals surface area contributed by atoms with Gasteiger partial charge in [0.2, 0.25) is 0 Å². The Balaban J connectivity index is 2.16. The lowest BCUT2D eigenvalue weighted by Crippen LogP contribution is -2.27. The highest BCUT2D eigenvalue weighted by molar-refractivity contribution is 5.73. The summed E-state index contributed by atoms with van der Waals surface area (Å²) in [6, 6.07) is 1.52.